The van der Waals surface area contributed by atoms with Gasteiger partial charge in [0.2, 0.25) is 5.91 Å². The van der Waals surface area contributed by atoms with Gasteiger partial charge >= 0.3 is 6.03 Å². The number of piperazine rings is 1. The van der Waals surface area contributed by atoms with Crippen LogP contribution in [0.4, 0.5) is 4.79 Å². The molecule has 2 fully saturated rings. The van der Waals surface area contributed by atoms with E-state index in [4.69, 9.17) is 4.42 Å². The molecule has 1 aromatic carbocycles. The van der Waals surface area contributed by atoms with E-state index in [1.54, 1.807) is 26.8 Å². The Morgan fingerprint density at radius 3 is 2.41 bits per heavy atom. The number of likely N-dealkylation sites (tertiary alicyclic amines) is 1. The molecule has 29 heavy (non-hydrogen) atoms. The first-order valence-corrected chi connectivity index (χ1v) is 9.80. The molecule has 2 aliphatic heterocycles. The van der Waals surface area contributed by atoms with Crippen LogP contribution in [0.3, 0.4) is 0 Å². The second kappa shape index (κ2) is 8.38. The van der Waals surface area contributed by atoms with Crippen LogP contribution in [0.5, 0.6) is 0 Å². The number of hydrogen-bond donors (Lipinski definition) is 1. The third-order valence-electron chi connectivity index (χ3n) is 5.34. The molecule has 1 N–H and O–H groups in total. The Hall–Kier alpha value is -3.29. The van der Waals surface area contributed by atoms with Gasteiger partial charge in [-0.1, -0.05) is 30.3 Å². The number of amides is 4. The van der Waals surface area contributed by atoms with Crippen LogP contribution in [0.2, 0.25) is 0 Å². The molecule has 0 spiro atoms. The molecule has 0 bridgehead atoms. The van der Waals surface area contributed by atoms with Gasteiger partial charge in [0, 0.05) is 45.7 Å². The van der Waals surface area contributed by atoms with Crippen molar-refractivity contribution in [1.82, 2.24) is 20.0 Å². The van der Waals surface area contributed by atoms with E-state index in [1.165, 1.54) is 6.26 Å². The fourth-order valence-corrected chi connectivity index (χ4v) is 3.76. The number of nitrogens with one attached hydrogen (secondary N) is 1. The largest absolute Gasteiger partial charge is 0.459 e. The smallest absolute Gasteiger partial charge is 0.317 e. The zero-order valence-electron chi connectivity index (χ0n) is 16.1. The fraction of sp³-hybridized carbons (Fsp3) is 0.381. The van der Waals surface area contributed by atoms with E-state index in [-0.39, 0.29) is 23.9 Å². The fourth-order valence-electron chi connectivity index (χ4n) is 3.76. The Bertz CT molecular complexity index is 860. The van der Waals surface area contributed by atoms with E-state index in [9.17, 15) is 14.4 Å². The molecule has 8 nitrogen and oxygen atoms in total. The Balaban J connectivity index is 1.25. The number of benzene rings is 1. The summed E-state index contributed by atoms with van der Waals surface area (Å²) in [7, 11) is 0. The summed E-state index contributed by atoms with van der Waals surface area (Å²) in [5.41, 5.74) is 1.07. The van der Waals surface area contributed by atoms with Crippen LogP contribution in [-0.2, 0) is 11.3 Å². The standard InChI is InChI=1S/C21H24N4O4/c26-19-13-17(15-25(19)14-16-5-2-1-3-6-16)22-21(28)24-10-8-23(9-11-24)20(27)18-7-4-12-29-18/h1-7,12,17H,8-11,13-15H2,(H,22,28). The minimum absolute atomic E-state index is 0.0491. The van der Waals surface area contributed by atoms with Crippen molar-refractivity contribution in [3.05, 3.63) is 60.1 Å². The van der Waals surface area contributed by atoms with Crippen LogP contribution in [0.25, 0.3) is 0 Å². The molecule has 0 aliphatic carbocycles. The van der Waals surface area contributed by atoms with Crippen LogP contribution in [-0.4, -0.2) is 71.3 Å². The molecule has 2 saturated heterocycles. The second-order valence-electron chi connectivity index (χ2n) is 7.37. The maximum Gasteiger partial charge on any atom is 0.317 e. The summed E-state index contributed by atoms with van der Waals surface area (Å²) in [4.78, 5) is 42.3. The van der Waals surface area contributed by atoms with Crippen molar-refractivity contribution < 1.29 is 18.8 Å². The van der Waals surface area contributed by atoms with Gasteiger partial charge < -0.3 is 24.4 Å². The van der Waals surface area contributed by atoms with Crippen molar-refractivity contribution in [2.24, 2.45) is 0 Å². The third-order valence-corrected chi connectivity index (χ3v) is 5.34. The number of nitrogens with zero attached hydrogens (tertiary/aromatic N) is 3. The number of hydrogen-bond acceptors (Lipinski definition) is 4. The first-order chi connectivity index (χ1) is 14.1. The zero-order valence-corrected chi connectivity index (χ0v) is 16.1. The van der Waals surface area contributed by atoms with Crippen molar-refractivity contribution in [2.75, 3.05) is 32.7 Å². The van der Waals surface area contributed by atoms with E-state index in [0.717, 1.165) is 5.56 Å². The van der Waals surface area contributed by atoms with Gasteiger partial charge in [-0.15, -0.1) is 0 Å². The predicted octanol–water partition coefficient (Wildman–Crippen LogP) is 1.55. The maximum atomic E-state index is 12.6. The van der Waals surface area contributed by atoms with E-state index in [1.807, 2.05) is 30.3 Å². The molecule has 0 radical (unpaired) electrons. The first kappa shape index (κ1) is 19.0. The average molecular weight is 396 g/mol. The van der Waals surface area contributed by atoms with E-state index < -0.39 is 0 Å². The molecular formula is C21H24N4O4. The topological polar surface area (TPSA) is 86.1 Å². The number of furan rings is 1. The Morgan fingerprint density at radius 2 is 1.72 bits per heavy atom. The Morgan fingerprint density at radius 1 is 1.00 bits per heavy atom. The highest BCUT2D eigenvalue weighted by molar-refractivity contribution is 5.91. The molecule has 4 rings (SSSR count). The quantitative estimate of drug-likeness (QED) is 0.850. The average Bonchev–Trinajstić information content (AvgIpc) is 3.39. The van der Waals surface area contributed by atoms with E-state index in [0.29, 0.717) is 51.4 Å². The van der Waals surface area contributed by atoms with E-state index in [2.05, 4.69) is 5.32 Å². The number of rotatable bonds is 4. The maximum absolute atomic E-state index is 12.6. The lowest BCUT2D eigenvalue weighted by molar-refractivity contribution is -0.128. The molecule has 2 aromatic rings. The van der Waals surface area contributed by atoms with Gasteiger partial charge in [0.25, 0.3) is 5.91 Å². The van der Waals surface area contributed by atoms with Crippen LogP contribution >= 0.6 is 0 Å². The predicted molar refractivity (Wildman–Crippen MR) is 105 cm³/mol. The summed E-state index contributed by atoms with van der Waals surface area (Å²) in [5.74, 6) is 0.201. The highest BCUT2D eigenvalue weighted by Gasteiger charge is 2.32. The number of carbonyl (C=O) groups is 3. The Kier molecular flexibility index (Phi) is 5.50. The summed E-state index contributed by atoms with van der Waals surface area (Å²) in [6, 6.07) is 12.8. The minimum atomic E-state index is -0.193. The molecule has 8 heteroatoms. The van der Waals surface area contributed by atoms with Crippen molar-refractivity contribution >= 4 is 17.8 Å². The lowest BCUT2D eigenvalue weighted by atomic mass is 10.2. The summed E-state index contributed by atoms with van der Waals surface area (Å²) in [6.07, 6.45) is 1.79. The molecule has 4 amide bonds. The highest BCUT2D eigenvalue weighted by Crippen LogP contribution is 2.16. The molecule has 2 aliphatic rings. The van der Waals surface area contributed by atoms with Gasteiger partial charge in [-0.25, -0.2) is 4.79 Å². The number of carbonyl (C=O) groups excluding carboxylic acids is 3. The molecule has 3 heterocycles. The van der Waals surface area contributed by atoms with Crippen molar-refractivity contribution in [1.29, 1.82) is 0 Å². The van der Waals surface area contributed by atoms with Gasteiger partial charge in [-0.05, 0) is 17.7 Å². The van der Waals surface area contributed by atoms with Crippen LogP contribution in [0, 0.1) is 0 Å². The van der Waals surface area contributed by atoms with Gasteiger partial charge in [0.15, 0.2) is 5.76 Å². The van der Waals surface area contributed by atoms with Crippen molar-refractivity contribution in [3.63, 3.8) is 0 Å². The zero-order chi connectivity index (χ0) is 20.2. The third kappa shape index (κ3) is 4.42. The van der Waals surface area contributed by atoms with Crippen LogP contribution < -0.4 is 5.32 Å². The SMILES string of the molecule is O=C1CC(NC(=O)N2CCN(C(=O)c3ccco3)CC2)CN1Cc1ccccc1. The van der Waals surface area contributed by atoms with Gasteiger partial charge in [0.1, 0.15) is 0 Å². The lowest BCUT2D eigenvalue weighted by Gasteiger charge is -2.34. The monoisotopic (exact) mass is 396 g/mol. The van der Waals surface area contributed by atoms with Crippen LogP contribution in [0.15, 0.2) is 53.1 Å². The Labute approximate surface area is 169 Å². The van der Waals surface area contributed by atoms with E-state index >= 15 is 0 Å². The van der Waals surface area contributed by atoms with Crippen molar-refractivity contribution in [2.45, 2.75) is 19.0 Å². The van der Waals surface area contributed by atoms with Gasteiger partial charge in [-0.3, -0.25) is 9.59 Å². The first-order valence-electron chi connectivity index (χ1n) is 9.80. The normalized spacial score (nSPS) is 19.5. The minimum Gasteiger partial charge on any atom is -0.459 e. The second-order valence-corrected chi connectivity index (χ2v) is 7.37. The van der Waals surface area contributed by atoms with Crippen LogP contribution in [0.1, 0.15) is 22.5 Å². The van der Waals surface area contributed by atoms with Gasteiger partial charge in [0.05, 0.1) is 12.3 Å². The molecule has 1 aromatic heterocycles. The lowest BCUT2D eigenvalue weighted by Crippen LogP contribution is -2.54. The van der Waals surface area contributed by atoms with Gasteiger partial charge in [-0.2, -0.15) is 0 Å². The molecule has 152 valence electrons. The molecule has 1 unspecified atom stereocenters. The molecular weight excluding hydrogens is 372 g/mol. The van der Waals surface area contributed by atoms with Crippen molar-refractivity contribution in [3.8, 4) is 0 Å². The number of urea groups is 1. The summed E-state index contributed by atoms with van der Waals surface area (Å²) in [6.45, 7) is 2.88. The summed E-state index contributed by atoms with van der Waals surface area (Å²) < 4.78 is 5.15. The highest BCUT2D eigenvalue weighted by atomic mass is 16.3. The summed E-state index contributed by atoms with van der Waals surface area (Å²) >= 11 is 0. The summed E-state index contributed by atoms with van der Waals surface area (Å²) in [5, 5.41) is 2.97. The molecule has 0 saturated carbocycles. The molecule has 1 atom stereocenters.